The number of likely N-dealkylation sites (tertiary alicyclic amines) is 3. The minimum Gasteiger partial charge on any atom is -0.381 e. The summed E-state index contributed by atoms with van der Waals surface area (Å²) in [5, 5.41) is 0. The van der Waals surface area contributed by atoms with Crippen LogP contribution < -0.4 is 0 Å². The van der Waals surface area contributed by atoms with Crippen LogP contribution in [0.25, 0.3) is 0 Å². The molecule has 1 aliphatic carbocycles. The highest BCUT2D eigenvalue weighted by Crippen LogP contribution is 2.62. The van der Waals surface area contributed by atoms with Crippen molar-refractivity contribution < 1.29 is 9.53 Å². The number of hydrogen-bond acceptors (Lipinski definition) is 4. The summed E-state index contributed by atoms with van der Waals surface area (Å²) in [6, 6.07) is 0. The van der Waals surface area contributed by atoms with Gasteiger partial charge in [0.1, 0.15) is 0 Å². The van der Waals surface area contributed by atoms with Crippen molar-refractivity contribution in [2.24, 2.45) is 22.7 Å². The summed E-state index contributed by atoms with van der Waals surface area (Å²) in [6.07, 6.45) is 9.95. The molecule has 4 aliphatic heterocycles. The van der Waals surface area contributed by atoms with Crippen LogP contribution in [0.3, 0.4) is 0 Å². The van der Waals surface area contributed by atoms with E-state index in [0.29, 0.717) is 17.2 Å². The molecule has 1 amide bonds. The van der Waals surface area contributed by atoms with Crippen molar-refractivity contribution in [1.29, 1.82) is 0 Å². The number of nitrogens with zero attached hydrogens (tertiary/aromatic N) is 3. The van der Waals surface area contributed by atoms with Crippen LogP contribution in [0, 0.1) is 22.7 Å². The van der Waals surface area contributed by atoms with Crippen LogP contribution >= 0.6 is 0 Å². The van der Waals surface area contributed by atoms with Crippen LogP contribution in [0.15, 0.2) is 0 Å². The first-order valence-electron chi connectivity index (χ1n) is 12.5. The normalized spacial score (nSPS) is 36.2. The van der Waals surface area contributed by atoms with Gasteiger partial charge in [-0.25, -0.2) is 0 Å². The molecule has 1 saturated carbocycles. The summed E-state index contributed by atoms with van der Waals surface area (Å²) in [6.45, 7) is 13.2. The van der Waals surface area contributed by atoms with Gasteiger partial charge in [-0.3, -0.25) is 4.79 Å². The molecule has 4 heterocycles. The summed E-state index contributed by atoms with van der Waals surface area (Å²) in [5.41, 5.74) is 0.356. The zero-order valence-electron chi connectivity index (χ0n) is 18.5. The molecule has 1 spiro atoms. The molecule has 0 aromatic rings. The number of piperidine rings is 1. The third kappa shape index (κ3) is 3.55. The zero-order valence-corrected chi connectivity index (χ0v) is 18.5. The Kier molecular flexibility index (Phi) is 5.68. The number of hydrogen-bond donors (Lipinski definition) is 0. The second-order valence-corrected chi connectivity index (χ2v) is 10.8. The molecule has 0 unspecified atom stereocenters. The van der Waals surface area contributed by atoms with E-state index in [1.165, 1.54) is 64.6 Å². The molecule has 0 N–H and O–H groups in total. The fourth-order valence-corrected chi connectivity index (χ4v) is 7.56. The molecule has 0 radical (unpaired) electrons. The smallest absolute Gasteiger partial charge is 0.230 e. The molecular weight excluding hydrogens is 362 g/mol. The predicted molar refractivity (Wildman–Crippen MR) is 115 cm³/mol. The lowest BCUT2D eigenvalue weighted by atomic mass is 9.65. The molecule has 0 bridgehead atoms. The van der Waals surface area contributed by atoms with Gasteiger partial charge in [0.05, 0.1) is 5.41 Å². The maximum Gasteiger partial charge on any atom is 0.230 e. The van der Waals surface area contributed by atoms with Gasteiger partial charge in [0, 0.05) is 45.9 Å². The van der Waals surface area contributed by atoms with E-state index >= 15 is 0 Å². The maximum absolute atomic E-state index is 13.7. The molecule has 5 fully saturated rings. The Hall–Kier alpha value is -0.650. The van der Waals surface area contributed by atoms with E-state index in [0.717, 1.165) is 58.3 Å². The van der Waals surface area contributed by atoms with Gasteiger partial charge in [-0.2, -0.15) is 0 Å². The quantitative estimate of drug-likeness (QED) is 0.723. The van der Waals surface area contributed by atoms with Crippen LogP contribution in [0.2, 0.25) is 0 Å². The number of carbonyl (C=O) groups is 1. The molecule has 4 saturated heterocycles. The number of carbonyl (C=O) groups excluding carboxylic acids is 1. The van der Waals surface area contributed by atoms with Crippen LogP contribution in [-0.2, 0) is 9.53 Å². The first-order valence-corrected chi connectivity index (χ1v) is 12.5. The molecule has 5 heteroatoms. The van der Waals surface area contributed by atoms with Gasteiger partial charge in [-0.05, 0) is 88.3 Å². The zero-order chi connectivity index (χ0) is 19.9. The average Bonchev–Trinajstić information content (AvgIpc) is 3.47. The summed E-state index contributed by atoms with van der Waals surface area (Å²) in [4.78, 5) is 21.3. The Balaban J connectivity index is 1.28. The van der Waals surface area contributed by atoms with E-state index in [1.54, 1.807) is 0 Å². The lowest BCUT2D eigenvalue weighted by molar-refractivity contribution is -0.143. The van der Waals surface area contributed by atoms with Crippen LogP contribution in [0.1, 0.15) is 58.3 Å². The van der Waals surface area contributed by atoms with Crippen LogP contribution in [0.4, 0.5) is 0 Å². The Morgan fingerprint density at radius 3 is 2.38 bits per heavy atom. The molecular formula is C24H41N3O2. The summed E-state index contributed by atoms with van der Waals surface area (Å²) < 4.78 is 5.55. The Morgan fingerprint density at radius 2 is 1.69 bits per heavy atom. The van der Waals surface area contributed by atoms with E-state index in [1.807, 2.05) is 0 Å². The van der Waals surface area contributed by atoms with E-state index in [-0.39, 0.29) is 5.41 Å². The predicted octanol–water partition coefficient (Wildman–Crippen LogP) is 2.85. The number of fused-ring (bicyclic) bond motifs is 2. The Labute approximate surface area is 177 Å². The van der Waals surface area contributed by atoms with E-state index in [9.17, 15) is 4.79 Å². The standard InChI is InChI=1S/C24H41N3O2/c1-2-25-18-21-23(7-8-24(21,19-25)22(28)27-11-3-4-12-27)9-13-26(14-10-23)17-20-5-15-29-16-6-20/h20-21H,2-19H2,1H3/t21-,24+/m0/s1. The monoisotopic (exact) mass is 403 g/mol. The third-order valence-corrected chi connectivity index (χ3v) is 9.40. The van der Waals surface area contributed by atoms with Crippen molar-refractivity contribution in [1.82, 2.24) is 14.7 Å². The molecule has 2 atom stereocenters. The SMILES string of the molecule is CCN1C[C@H]2C3(CCN(CC4CCOCC4)CC3)CC[C@@]2(C(=O)N2CCCC2)C1. The molecule has 29 heavy (non-hydrogen) atoms. The van der Waals surface area contributed by atoms with Crippen molar-refractivity contribution in [3.8, 4) is 0 Å². The molecule has 5 rings (SSSR count). The van der Waals surface area contributed by atoms with Crippen molar-refractivity contribution in [3.63, 3.8) is 0 Å². The number of rotatable bonds is 4. The molecule has 5 nitrogen and oxygen atoms in total. The minimum absolute atomic E-state index is 0.0662. The highest BCUT2D eigenvalue weighted by Gasteiger charge is 2.64. The van der Waals surface area contributed by atoms with Gasteiger partial charge in [0.2, 0.25) is 5.91 Å². The van der Waals surface area contributed by atoms with Gasteiger partial charge in [0.15, 0.2) is 0 Å². The van der Waals surface area contributed by atoms with Gasteiger partial charge in [0.25, 0.3) is 0 Å². The molecule has 164 valence electrons. The van der Waals surface area contributed by atoms with E-state index in [2.05, 4.69) is 21.6 Å². The van der Waals surface area contributed by atoms with Gasteiger partial charge in [-0.15, -0.1) is 0 Å². The van der Waals surface area contributed by atoms with Gasteiger partial charge in [-0.1, -0.05) is 6.92 Å². The maximum atomic E-state index is 13.7. The molecule has 0 aromatic heterocycles. The molecule has 5 aliphatic rings. The first kappa shape index (κ1) is 20.3. The van der Waals surface area contributed by atoms with E-state index < -0.39 is 0 Å². The second-order valence-electron chi connectivity index (χ2n) is 10.8. The van der Waals surface area contributed by atoms with Gasteiger partial charge >= 0.3 is 0 Å². The highest BCUT2D eigenvalue weighted by atomic mass is 16.5. The summed E-state index contributed by atoms with van der Waals surface area (Å²) >= 11 is 0. The van der Waals surface area contributed by atoms with Crippen molar-refractivity contribution in [2.75, 3.05) is 65.6 Å². The van der Waals surface area contributed by atoms with Crippen LogP contribution in [0.5, 0.6) is 0 Å². The topological polar surface area (TPSA) is 36.0 Å². The lowest BCUT2D eigenvalue weighted by Gasteiger charge is -2.45. The summed E-state index contributed by atoms with van der Waals surface area (Å²) in [7, 11) is 0. The summed E-state index contributed by atoms with van der Waals surface area (Å²) in [5.74, 6) is 1.95. The first-order chi connectivity index (χ1) is 14.2. The number of amides is 1. The number of ether oxygens (including phenoxy) is 1. The van der Waals surface area contributed by atoms with Crippen molar-refractivity contribution in [2.45, 2.75) is 58.3 Å². The fraction of sp³-hybridized carbons (Fsp3) is 0.958. The van der Waals surface area contributed by atoms with E-state index in [4.69, 9.17) is 4.74 Å². The third-order valence-electron chi connectivity index (χ3n) is 9.40. The van der Waals surface area contributed by atoms with Crippen molar-refractivity contribution in [3.05, 3.63) is 0 Å². The second kappa shape index (κ2) is 8.12. The average molecular weight is 404 g/mol. The Bertz CT molecular complexity index is 591. The fourth-order valence-electron chi connectivity index (χ4n) is 7.56. The van der Waals surface area contributed by atoms with Crippen molar-refractivity contribution >= 4 is 5.91 Å². The largest absolute Gasteiger partial charge is 0.381 e. The van der Waals surface area contributed by atoms with Gasteiger partial charge < -0.3 is 19.4 Å². The lowest BCUT2D eigenvalue weighted by Crippen LogP contribution is -2.50. The highest BCUT2D eigenvalue weighted by molar-refractivity contribution is 5.84. The van der Waals surface area contributed by atoms with Crippen LogP contribution in [-0.4, -0.2) is 86.2 Å². The molecule has 0 aromatic carbocycles. The Morgan fingerprint density at radius 1 is 0.966 bits per heavy atom. The minimum atomic E-state index is -0.0662.